The lowest BCUT2D eigenvalue weighted by molar-refractivity contribution is 0.530. The van der Waals surface area contributed by atoms with Crippen molar-refractivity contribution in [3.63, 3.8) is 0 Å². The van der Waals surface area contributed by atoms with Gasteiger partial charge in [0.2, 0.25) is 5.89 Å². The van der Waals surface area contributed by atoms with Crippen molar-refractivity contribution in [2.45, 2.75) is 12.8 Å². The van der Waals surface area contributed by atoms with Gasteiger partial charge in [-0.2, -0.15) is 0 Å². The number of aromatic nitrogens is 2. The molecule has 0 unspecified atom stereocenters. The Morgan fingerprint density at radius 1 is 1.38 bits per heavy atom. The highest BCUT2D eigenvalue weighted by Crippen LogP contribution is 2.25. The van der Waals surface area contributed by atoms with Crippen LogP contribution in [0.2, 0.25) is 5.02 Å². The molecule has 1 heterocycles. The Bertz CT molecular complexity index is 499. The molecule has 0 aliphatic heterocycles. The summed E-state index contributed by atoms with van der Waals surface area (Å²) < 4.78 is 5.20. The van der Waals surface area contributed by atoms with Crippen molar-refractivity contribution in [3.8, 4) is 0 Å². The van der Waals surface area contributed by atoms with Gasteiger partial charge in [-0.05, 0) is 24.6 Å². The van der Waals surface area contributed by atoms with Gasteiger partial charge in [-0.1, -0.05) is 22.8 Å². The molecule has 6 heteroatoms. The van der Waals surface area contributed by atoms with Crippen LogP contribution in [-0.4, -0.2) is 10.2 Å². The zero-order valence-electron chi connectivity index (χ0n) is 8.50. The third kappa shape index (κ3) is 2.46. The zero-order valence-corrected chi connectivity index (χ0v) is 10.0. The Morgan fingerprint density at radius 3 is 2.81 bits per heavy atom. The molecule has 0 saturated heterocycles. The summed E-state index contributed by atoms with van der Waals surface area (Å²) in [5.74, 6) is 0.559. The van der Waals surface area contributed by atoms with Crippen molar-refractivity contribution in [1.82, 2.24) is 10.2 Å². The minimum absolute atomic E-state index is 0.191. The van der Waals surface area contributed by atoms with Crippen molar-refractivity contribution < 1.29 is 4.42 Å². The SMILES string of the molecule is Cc1ccc(Nc2nnc(CCl)o2)c(Cl)c1. The van der Waals surface area contributed by atoms with Gasteiger partial charge in [-0.3, -0.25) is 0 Å². The maximum Gasteiger partial charge on any atom is 0.320 e. The van der Waals surface area contributed by atoms with E-state index in [0.717, 1.165) is 11.3 Å². The molecule has 0 amide bonds. The Morgan fingerprint density at radius 2 is 2.19 bits per heavy atom. The van der Waals surface area contributed by atoms with E-state index in [9.17, 15) is 0 Å². The van der Waals surface area contributed by atoms with E-state index in [1.807, 2.05) is 25.1 Å². The molecule has 1 aromatic carbocycles. The van der Waals surface area contributed by atoms with Crippen LogP contribution in [-0.2, 0) is 5.88 Å². The van der Waals surface area contributed by atoms with Gasteiger partial charge in [0.1, 0.15) is 5.88 Å². The largest absolute Gasteiger partial charge is 0.407 e. The maximum absolute atomic E-state index is 6.04. The van der Waals surface area contributed by atoms with Crippen molar-refractivity contribution in [2.24, 2.45) is 0 Å². The smallest absolute Gasteiger partial charge is 0.320 e. The van der Waals surface area contributed by atoms with Crippen LogP contribution in [0, 0.1) is 6.92 Å². The Kier molecular flexibility index (Phi) is 3.31. The summed E-state index contributed by atoms with van der Waals surface area (Å²) in [6.45, 7) is 1.97. The molecule has 2 rings (SSSR count). The van der Waals surface area contributed by atoms with Gasteiger partial charge in [-0.15, -0.1) is 16.7 Å². The highest BCUT2D eigenvalue weighted by atomic mass is 35.5. The van der Waals surface area contributed by atoms with Crippen molar-refractivity contribution in [3.05, 3.63) is 34.7 Å². The first-order valence-corrected chi connectivity index (χ1v) is 5.52. The molecule has 84 valence electrons. The second-order valence-corrected chi connectivity index (χ2v) is 3.92. The third-order valence-electron chi connectivity index (χ3n) is 1.95. The standard InChI is InChI=1S/C10H9Cl2N3O/c1-6-2-3-8(7(12)4-6)13-10-15-14-9(5-11)16-10/h2-4H,5H2,1H3,(H,13,15). The fourth-order valence-electron chi connectivity index (χ4n) is 1.19. The van der Waals surface area contributed by atoms with E-state index in [-0.39, 0.29) is 11.9 Å². The molecular weight excluding hydrogens is 249 g/mol. The van der Waals surface area contributed by atoms with Crippen LogP contribution in [0.5, 0.6) is 0 Å². The number of benzene rings is 1. The van der Waals surface area contributed by atoms with Crippen LogP contribution in [0.4, 0.5) is 11.7 Å². The molecule has 0 radical (unpaired) electrons. The van der Waals surface area contributed by atoms with E-state index in [2.05, 4.69) is 15.5 Å². The van der Waals surface area contributed by atoms with Gasteiger partial charge in [0.25, 0.3) is 0 Å². The van der Waals surface area contributed by atoms with Crippen LogP contribution in [0.25, 0.3) is 0 Å². The fraction of sp³-hybridized carbons (Fsp3) is 0.200. The van der Waals surface area contributed by atoms with Crippen molar-refractivity contribution in [1.29, 1.82) is 0 Å². The summed E-state index contributed by atoms with van der Waals surface area (Å²) in [6.07, 6.45) is 0. The number of anilines is 2. The molecule has 0 fully saturated rings. The number of halogens is 2. The molecule has 0 saturated carbocycles. The summed E-state index contributed by atoms with van der Waals surface area (Å²) in [6, 6.07) is 5.92. The van der Waals surface area contributed by atoms with Crippen LogP contribution in [0.1, 0.15) is 11.5 Å². The van der Waals surface area contributed by atoms with E-state index < -0.39 is 0 Å². The van der Waals surface area contributed by atoms with E-state index in [0.29, 0.717) is 10.9 Å². The molecule has 0 atom stereocenters. The molecule has 1 aromatic heterocycles. The Labute approximate surface area is 103 Å². The van der Waals surface area contributed by atoms with E-state index in [1.165, 1.54) is 0 Å². The average Bonchev–Trinajstić information content (AvgIpc) is 2.70. The van der Waals surface area contributed by atoms with Gasteiger partial charge in [0.05, 0.1) is 10.7 Å². The molecule has 0 bridgehead atoms. The number of hydrogen-bond acceptors (Lipinski definition) is 4. The van der Waals surface area contributed by atoms with Gasteiger partial charge >= 0.3 is 6.01 Å². The quantitative estimate of drug-likeness (QED) is 0.856. The van der Waals surface area contributed by atoms with Crippen LogP contribution in [0.3, 0.4) is 0 Å². The molecular formula is C10H9Cl2N3O. The van der Waals surface area contributed by atoms with Gasteiger partial charge in [-0.25, -0.2) is 0 Å². The third-order valence-corrected chi connectivity index (χ3v) is 2.49. The number of rotatable bonds is 3. The lowest BCUT2D eigenvalue weighted by atomic mass is 10.2. The van der Waals surface area contributed by atoms with E-state index in [1.54, 1.807) is 0 Å². The number of aryl methyl sites for hydroxylation is 1. The Balaban J connectivity index is 2.20. The van der Waals surface area contributed by atoms with Crippen LogP contribution < -0.4 is 5.32 Å². The topological polar surface area (TPSA) is 51.0 Å². The molecule has 16 heavy (non-hydrogen) atoms. The van der Waals surface area contributed by atoms with E-state index >= 15 is 0 Å². The highest BCUT2D eigenvalue weighted by Gasteiger charge is 2.07. The summed E-state index contributed by atoms with van der Waals surface area (Å²) in [5, 5.41) is 11.0. The predicted octanol–water partition coefficient (Wildman–Crippen LogP) is 3.51. The normalized spacial score (nSPS) is 10.4. The summed E-state index contributed by atoms with van der Waals surface area (Å²) in [7, 11) is 0. The predicted molar refractivity (Wildman–Crippen MR) is 63.3 cm³/mol. The summed E-state index contributed by atoms with van der Waals surface area (Å²) in [5.41, 5.74) is 1.81. The monoisotopic (exact) mass is 257 g/mol. The number of hydrogen-bond donors (Lipinski definition) is 1. The van der Waals surface area contributed by atoms with Gasteiger partial charge < -0.3 is 9.73 Å². The molecule has 0 spiro atoms. The van der Waals surface area contributed by atoms with Gasteiger partial charge in [0, 0.05) is 0 Å². The molecule has 0 aliphatic rings. The Hall–Kier alpha value is -1.26. The first-order valence-electron chi connectivity index (χ1n) is 4.60. The zero-order chi connectivity index (χ0) is 11.5. The van der Waals surface area contributed by atoms with Crippen molar-refractivity contribution in [2.75, 3.05) is 5.32 Å². The second kappa shape index (κ2) is 4.72. The molecule has 1 N–H and O–H groups in total. The fourth-order valence-corrected chi connectivity index (χ4v) is 1.59. The maximum atomic E-state index is 6.04. The number of nitrogens with one attached hydrogen (secondary N) is 1. The van der Waals surface area contributed by atoms with Crippen LogP contribution >= 0.6 is 23.2 Å². The van der Waals surface area contributed by atoms with Crippen molar-refractivity contribution >= 4 is 34.9 Å². The number of alkyl halides is 1. The second-order valence-electron chi connectivity index (χ2n) is 3.24. The molecule has 2 aromatic rings. The lowest BCUT2D eigenvalue weighted by Crippen LogP contribution is -1.91. The molecule has 0 aliphatic carbocycles. The number of nitrogens with zero attached hydrogens (tertiary/aromatic N) is 2. The highest BCUT2D eigenvalue weighted by molar-refractivity contribution is 6.33. The molecule has 4 nitrogen and oxygen atoms in total. The van der Waals surface area contributed by atoms with Crippen LogP contribution in [0.15, 0.2) is 22.6 Å². The first-order chi connectivity index (χ1) is 7.69. The average molecular weight is 258 g/mol. The summed E-state index contributed by atoms with van der Waals surface area (Å²) in [4.78, 5) is 0. The van der Waals surface area contributed by atoms with E-state index in [4.69, 9.17) is 27.6 Å². The first kappa shape index (κ1) is 11.2. The minimum Gasteiger partial charge on any atom is -0.407 e. The lowest BCUT2D eigenvalue weighted by Gasteiger charge is -2.04. The van der Waals surface area contributed by atoms with Gasteiger partial charge in [0.15, 0.2) is 0 Å². The summed E-state index contributed by atoms with van der Waals surface area (Å²) >= 11 is 11.6. The minimum atomic E-state index is 0.191.